The maximum absolute atomic E-state index is 4.57. The van der Waals surface area contributed by atoms with Gasteiger partial charge < -0.3 is 4.90 Å². The van der Waals surface area contributed by atoms with E-state index in [-0.39, 0.29) is 0 Å². The standard InChI is InChI=1S/C10H17N3S/c1-8(2)9-11-10(14-12-9)13-6-4-3-5-7-13/h8H,3-7H2,1-2H3. The summed E-state index contributed by atoms with van der Waals surface area (Å²) < 4.78 is 4.38. The molecule has 3 nitrogen and oxygen atoms in total. The van der Waals surface area contributed by atoms with E-state index in [0.29, 0.717) is 5.92 Å². The second-order valence-corrected chi connectivity index (χ2v) is 4.87. The van der Waals surface area contributed by atoms with Gasteiger partial charge in [0.1, 0.15) is 5.82 Å². The van der Waals surface area contributed by atoms with Crippen LogP contribution in [0.4, 0.5) is 5.13 Å². The quantitative estimate of drug-likeness (QED) is 0.753. The summed E-state index contributed by atoms with van der Waals surface area (Å²) in [7, 11) is 0. The molecule has 78 valence electrons. The zero-order valence-corrected chi connectivity index (χ0v) is 9.68. The Morgan fingerprint density at radius 2 is 1.93 bits per heavy atom. The van der Waals surface area contributed by atoms with Crippen LogP contribution in [-0.2, 0) is 0 Å². The Morgan fingerprint density at radius 3 is 2.50 bits per heavy atom. The van der Waals surface area contributed by atoms with Crippen molar-refractivity contribution in [2.24, 2.45) is 0 Å². The maximum Gasteiger partial charge on any atom is 0.205 e. The van der Waals surface area contributed by atoms with Crippen molar-refractivity contribution in [2.45, 2.75) is 39.0 Å². The van der Waals surface area contributed by atoms with Crippen molar-refractivity contribution in [3.05, 3.63) is 5.82 Å². The predicted octanol–water partition coefficient (Wildman–Crippen LogP) is 2.65. The molecule has 0 spiro atoms. The zero-order chi connectivity index (χ0) is 9.97. The Morgan fingerprint density at radius 1 is 1.21 bits per heavy atom. The van der Waals surface area contributed by atoms with Gasteiger partial charge in [-0.15, -0.1) is 0 Å². The van der Waals surface area contributed by atoms with Crippen LogP contribution in [0.2, 0.25) is 0 Å². The summed E-state index contributed by atoms with van der Waals surface area (Å²) in [5.41, 5.74) is 0. The molecule has 0 saturated carbocycles. The molecule has 0 aromatic carbocycles. The molecule has 2 rings (SSSR count). The van der Waals surface area contributed by atoms with Gasteiger partial charge in [0.05, 0.1) is 0 Å². The molecule has 1 aliphatic rings. The number of hydrogen-bond acceptors (Lipinski definition) is 4. The molecule has 1 aromatic rings. The highest BCUT2D eigenvalue weighted by Gasteiger charge is 2.16. The number of piperidine rings is 1. The van der Waals surface area contributed by atoms with Gasteiger partial charge >= 0.3 is 0 Å². The number of hydrogen-bond donors (Lipinski definition) is 0. The number of anilines is 1. The topological polar surface area (TPSA) is 29.0 Å². The van der Waals surface area contributed by atoms with E-state index in [1.807, 2.05) is 0 Å². The highest BCUT2D eigenvalue weighted by atomic mass is 32.1. The van der Waals surface area contributed by atoms with Gasteiger partial charge in [-0.2, -0.15) is 4.37 Å². The van der Waals surface area contributed by atoms with Gasteiger partial charge in [0.25, 0.3) is 0 Å². The van der Waals surface area contributed by atoms with Gasteiger partial charge in [-0.1, -0.05) is 13.8 Å². The smallest absolute Gasteiger partial charge is 0.205 e. The van der Waals surface area contributed by atoms with Crippen molar-refractivity contribution >= 4 is 16.7 Å². The van der Waals surface area contributed by atoms with E-state index in [0.717, 1.165) is 24.0 Å². The second kappa shape index (κ2) is 4.26. The average Bonchev–Trinajstić information content (AvgIpc) is 2.68. The van der Waals surface area contributed by atoms with Crippen LogP contribution in [0.25, 0.3) is 0 Å². The maximum atomic E-state index is 4.57. The molecular weight excluding hydrogens is 194 g/mol. The lowest BCUT2D eigenvalue weighted by atomic mass is 10.1. The normalized spacial score (nSPS) is 17.8. The highest BCUT2D eigenvalue weighted by molar-refractivity contribution is 7.09. The molecule has 0 amide bonds. The molecule has 0 radical (unpaired) electrons. The second-order valence-electron chi connectivity index (χ2n) is 4.14. The van der Waals surface area contributed by atoms with Gasteiger partial charge in [0.15, 0.2) is 0 Å². The Kier molecular flexibility index (Phi) is 3.01. The van der Waals surface area contributed by atoms with Crippen LogP contribution in [0.3, 0.4) is 0 Å². The third-order valence-corrected chi connectivity index (χ3v) is 3.37. The number of rotatable bonds is 2. The molecule has 2 heterocycles. The molecule has 4 heteroatoms. The fourth-order valence-electron chi connectivity index (χ4n) is 1.67. The molecule has 1 saturated heterocycles. The molecule has 0 atom stereocenters. The van der Waals surface area contributed by atoms with Crippen LogP contribution in [0.5, 0.6) is 0 Å². The Labute approximate surface area is 89.3 Å². The van der Waals surface area contributed by atoms with E-state index in [9.17, 15) is 0 Å². The Balaban J connectivity index is 2.07. The lowest BCUT2D eigenvalue weighted by molar-refractivity contribution is 0.576. The van der Waals surface area contributed by atoms with E-state index in [1.54, 1.807) is 11.5 Å². The monoisotopic (exact) mass is 211 g/mol. The minimum Gasteiger partial charge on any atom is -0.347 e. The van der Waals surface area contributed by atoms with Crippen LogP contribution in [0, 0.1) is 0 Å². The van der Waals surface area contributed by atoms with Crippen LogP contribution >= 0.6 is 11.5 Å². The lowest BCUT2D eigenvalue weighted by Gasteiger charge is -2.25. The lowest BCUT2D eigenvalue weighted by Crippen LogP contribution is -2.29. The summed E-state index contributed by atoms with van der Waals surface area (Å²) in [6.45, 7) is 6.60. The van der Waals surface area contributed by atoms with Gasteiger partial charge in [-0.05, 0) is 19.3 Å². The van der Waals surface area contributed by atoms with Gasteiger partial charge in [-0.3, -0.25) is 0 Å². The van der Waals surface area contributed by atoms with Crippen LogP contribution < -0.4 is 4.90 Å². The van der Waals surface area contributed by atoms with E-state index >= 15 is 0 Å². The summed E-state index contributed by atoms with van der Waals surface area (Å²) in [4.78, 5) is 6.93. The zero-order valence-electron chi connectivity index (χ0n) is 8.86. The molecular formula is C10H17N3S. The first-order valence-corrected chi connectivity index (χ1v) is 6.13. The first-order chi connectivity index (χ1) is 6.77. The van der Waals surface area contributed by atoms with Crippen molar-refractivity contribution in [1.82, 2.24) is 9.36 Å². The van der Waals surface area contributed by atoms with Gasteiger partial charge in [0, 0.05) is 30.5 Å². The summed E-state index contributed by atoms with van der Waals surface area (Å²) in [5.74, 6) is 1.44. The van der Waals surface area contributed by atoms with E-state index in [4.69, 9.17) is 0 Å². The van der Waals surface area contributed by atoms with E-state index < -0.39 is 0 Å². The van der Waals surface area contributed by atoms with Gasteiger partial charge in [0.2, 0.25) is 5.13 Å². The Bertz CT molecular complexity index is 289. The fraction of sp³-hybridized carbons (Fsp3) is 0.800. The Hall–Kier alpha value is -0.640. The number of aromatic nitrogens is 2. The first kappa shape index (κ1) is 9.90. The third-order valence-electron chi connectivity index (χ3n) is 2.57. The largest absolute Gasteiger partial charge is 0.347 e. The van der Waals surface area contributed by atoms with Crippen LogP contribution in [0.1, 0.15) is 44.9 Å². The van der Waals surface area contributed by atoms with Crippen LogP contribution in [-0.4, -0.2) is 22.4 Å². The minimum atomic E-state index is 0.449. The summed E-state index contributed by atoms with van der Waals surface area (Å²) in [6.07, 6.45) is 3.97. The molecule has 1 fully saturated rings. The SMILES string of the molecule is CC(C)c1nsc(N2CCCCC2)n1. The summed E-state index contributed by atoms with van der Waals surface area (Å²) >= 11 is 1.55. The first-order valence-electron chi connectivity index (χ1n) is 5.36. The van der Waals surface area contributed by atoms with Crippen molar-refractivity contribution in [2.75, 3.05) is 18.0 Å². The summed E-state index contributed by atoms with van der Waals surface area (Å²) in [6, 6.07) is 0. The highest BCUT2D eigenvalue weighted by Crippen LogP contribution is 2.23. The molecule has 0 N–H and O–H groups in total. The molecule has 0 bridgehead atoms. The van der Waals surface area contributed by atoms with Crippen molar-refractivity contribution in [3.63, 3.8) is 0 Å². The molecule has 1 aromatic heterocycles. The molecule has 1 aliphatic heterocycles. The van der Waals surface area contributed by atoms with E-state index in [2.05, 4.69) is 28.1 Å². The van der Waals surface area contributed by atoms with E-state index in [1.165, 1.54) is 19.3 Å². The fourth-order valence-corrected chi connectivity index (χ4v) is 2.53. The van der Waals surface area contributed by atoms with Gasteiger partial charge in [-0.25, -0.2) is 4.98 Å². The molecule has 14 heavy (non-hydrogen) atoms. The van der Waals surface area contributed by atoms with Crippen molar-refractivity contribution in [3.8, 4) is 0 Å². The number of nitrogens with zero attached hydrogens (tertiary/aromatic N) is 3. The molecule has 0 aliphatic carbocycles. The molecule has 0 unspecified atom stereocenters. The predicted molar refractivity (Wildman–Crippen MR) is 60.1 cm³/mol. The third kappa shape index (κ3) is 2.05. The minimum absolute atomic E-state index is 0.449. The van der Waals surface area contributed by atoms with Crippen LogP contribution in [0.15, 0.2) is 0 Å². The average molecular weight is 211 g/mol. The van der Waals surface area contributed by atoms with Crippen molar-refractivity contribution < 1.29 is 0 Å². The van der Waals surface area contributed by atoms with Crippen molar-refractivity contribution in [1.29, 1.82) is 0 Å². The summed E-state index contributed by atoms with van der Waals surface area (Å²) in [5, 5.41) is 1.12.